The van der Waals surface area contributed by atoms with Crippen LogP contribution in [0.25, 0.3) is 22.2 Å². The SMILES string of the molecule is Cn1cc(-c2cnc3ccc(Nc4nnc(S(=O)(=O)NCc5ccccc5)s4)nc3c2)cn1.[Na]. The number of hydrogen-bond acceptors (Lipinski definition) is 9. The number of pyridine rings is 2. The molecule has 4 aromatic heterocycles. The summed E-state index contributed by atoms with van der Waals surface area (Å²) < 4.78 is 29.3. The van der Waals surface area contributed by atoms with Crippen LogP contribution < -0.4 is 10.0 Å². The fourth-order valence-corrected chi connectivity index (χ4v) is 5.08. The molecule has 0 bridgehead atoms. The monoisotopic (exact) mass is 501 g/mol. The third kappa shape index (κ3) is 5.49. The maximum Gasteiger partial charge on any atom is 0.270 e. The van der Waals surface area contributed by atoms with E-state index in [2.05, 4.69) is 35.3 Å². The van der Waals surface area contributed by atoms with E-state index in [0.717, 1.165) is 33.5 Å². The molecule has 0 atom stereocenters. The summed E-state index contributed by atoms with van der Waals surface area (Å²) in [4.78, 5) is 9.04. The van der Waals surface area contributed by atoms with Crippen molar-refractivity contribution >= 4 is 72.9 Å². The van der Waals surface area contributed by atoms with E-state index in [1.165, 1.54) is 0 Å². The molecular formula is C21H18N8NaO2S2. The summed E-state index contributed by atoms with van der Waals surface area (Å²) in [5, 5.41) is 15.3. The Hall–Kier alpha value is -2.74. The molecule has 167 valence electrons. The van der Waals surface area contributed by atoms with Gasteiger partial charge in [-0.05, 0) is 23.8 Å². The fraction of sp³-hybridized carbons (Fsp3) is 0.0952. The van der Waals surface area contributed by atoms with Crippen LogP contribution >= 0.6 is 11.3 Å². The molecule has 10 nitrogen and oxygen atoms in total. The molecule has 4 heterocycles. The Morgan fingerprint density at radius 3 is 2.59 bits per heavy atom. The number of nitrogens with zero attached hydrogens (tertiary/aromatic N) is 6. The first-order valence-corrected chi connectivity index (χ1v) is 12.2. The van der Waals surface area contributed by atoms with E-state index in [0.29, 0.717) is 16.5 Å². The molecule has 1 aromatic carbocycles. The van der Waals surface area contributed by atoms with Crippen LogP contribution in [-0.4, -0.2) is 67.9 Å². The number of nitrogens with one attached hydrogen (secondary N) is 2. The average molecular weight is 502 g/mol. The van der Waals surface area contributed by atoms with Crippen molar-refractivity contribution in [2.45, 2.75) is 10.9 Å². The predicted octanol–water partition coefficient (Wildman–Crippen LogP) is 2.72. The fourth-order valence-electron chi connectivity index (χ4n) is 3.12. The van der Waals surface area contributed by atoms with Gasteiger partial charge in [-0.1, -0.05) is 41.7 Å². The van der Waals surface area contributed by atoms with E-state index < -0.39 is 10.0 Å². The molecule has 0 amide bonds. The molecule has 5 aromatic rings. The van der Waals surface area contributed by atoms with E-state index in [4.69, 9.17) is 0 Å². The zero-order valence-corrected chi connectivity index (χ0v) is 22.0. The van der Waals surface area contributed by atoms with Gasteiger partial charge < -0.3 is 5.32 Å². The quantitative estimate of drug-likeness (QED) is 0.326. The van der Waals surface area contributed by atoms with Crippen molar-refractivity contribution in [1.82, 2.24) is 34.7 Å². The molecule has 0 aliphatic rings. The maximum absolute atomic E-state index is 12.6. The minimum absolute atomic E-state index is 0. The number of rotatable bonds is 7. The van der Waals surface area contributed by atoms with Gasteiger partial charge in [-0.3, -0.25) is 9.67 Å². The van der Waals surface area contributed by atoms with Crippen LogP contribution in [0, 0.1) is 0 Å². The molecule has 34 heavy (non-hydrogen) atoms. The normalized spacial score (nSPS) is 11.3. The Kier molecular flexibility index (Phi) is 7.36. The van der Waals surface area contributed by atoms with Crippen molar-refractivity contribution in [2.24, 2.45) is 7.05 Å². The summed E-state index contributed by atoms with van der Waals surface area (Å²) in [5.41, 5.74) is 4.11. The first kappa shape index (κ1) is 24.4. The number of aryl methyl sites for hydroxylation is 1. The first-order valence-electron chi connectivity index (χ1n) is 9.86. The molecule has 0 saturated heterocycles. The third-order valence-electron chi connectivity index (χ3n) is 4.76. The zero-order chi connectivity index (χ0) is 22.8. The van der Waals surface area contributed by atoms with Gasteiger partial charge in [0.05, 0.1) is 17.2 Å². The Bertz CT molecular complexity index is 1540. The van der Waals surface area contributed by atoms with Gasteiger partial charge in [-0.15, -0.1) is 10.2 Å². The molecule has 0 aliphatic carbocycles. The molecule has 0 fully saturated rings. The summed E-state index contributed by atoms with van der Waals surface area (Å²) in [5.74, 6) is 0.505. The van der Waals surface area contributed by atoms with Crippen molar-refractivity contribution in [3.63, 3.8) is 0 Å². The van der Waals surface area contributed by atoms with Gasteiger partial charge in [0, 0.05) is 66.7 Å². The van der Waals surface area contributed by atoms with E-state index >= 15 is 0 Å². The van der Waals surface area contributed by atoms with Gasteiger partial charge in [0.2, 0.25) is 9.47 Å². The second-order valence-electron chi connectivity index (χ2n) is 7.17. The Morgan fingerprint density at radius 1 is 1.00 bits per heavy atom. The topological polar surface area (TPSA) is 128 Å². The maximum atomic E-state index is 12.6. The second-order valence-corrected chi connectivity index (χ2v) is 10.1. The molecule has 0 spiro atoms. The van der Waals surface area contributed by atoms with Crippen LogP contribution in [0.2, 0.25) is 0 Å². The molecule has 0 saturated carbocycles. The summed E-state index contributed by atoms with van der Waals surface area (Å²) in [6.07, 6.45) is 5.44. The van der Waals surface area contributed by atoms with Crippen LogP contribution in [0.1, 0.15) is 5.56 Å². The van der Waals surface area contributed by atoms with Crippen LogP contribution in [0.5, 0.6) is 0 Å². The molecular weight excluding hydrogens is 483 g/mol. The van der Waals surface area contributed by atoms with Gasteiger partial charge >= 0.3 is 0 Å². The number of anilines is 2. The number of fused-ring (bicyclic) bond motifs is 1. The first-order chi connectivity index (χ1) is 16.0. The molecule has 2 N–H and O–H groups in total. The van der Waals surface area contributed by atoms with Crippen LogP contribution in [0.3, 0.4) is 0 Å². The number of aromatic nitrogens is 6. The molecule has 5 rings (SSSR count). The van der Waals surface area contributed by atoms with E-state index in [1.807, 2.05) is 55.7 Å². The minimum atomic E-state index is -3.78. The Morgan fingerprint density at radius 2 is 1.82 bits per heavy atom. The van der Waals surface area contributed by atoms with E-state index in [-0.39, 0.29) is 40.4 Å². The van der Waals surface area contributed by atoms with Crippen molar-refractivity contribution in [2.75, 3.05) is 5.32 Å². The van der Waals surface area contributed by atoms with Crippen molar-refractivity contribution in [1.29, 1.82) is 0 Å². The summed E-state index contributed by atoms with van der Waals surface area (Å²) >= 11 is 0.928. The molecule has 1 radical (unpaired) electrons. The van der Waals surface area contributed by atoms with E-state index in [9.17, 15) is 8.42 Å². The van der Waals surface area contributed by atoms with Crippen LogP contribution in [-0.2, 0) is 23.6 Å². The van der Waals surface area contributed by atoms with Crippen molar-refractivity contribution in [3.8, 4) is 11.1 Å². The number of sulfonamides is 1. The van der Waals surface area contributed by atoms with Gasteiger partial charge in [0.15, 0.2) is 0 Å². The molecule has 13 heteroatoms. The standard InChI is InChI=1S/C21H18N8O2S2.Na/c1-29-13-16(12-23-29)15-9-18-17(22-11-15)7-8-19(25-18)26-20-27-28-21(32-20)33(30,31)24-10-14-5-3-2-4-6-14;/h2-9,11-13,24H,10H2,1H3,(H,25,26,27);. The number of benzene rings is 1. The summed E-state index contributed by atoms with van der Waals surface area (Å²) in [6, 6.07) is 14.8. The summed E-state index contributed by atoms with van der Waals surface area (Å²) in [6.45, 7) is 0.171. The molecule has 0 aliphatic heterocycles. The second kappa shape index (κ2) is 10.3. The minimum Gasteiger partial charge on any atom is -0.315 e. The Balaban J connectivity index is 0.00000274. The van der Waals surface area contributed by atoms with E-state index in [1.54, 1.807) is 23.1 Å². The Labute approximate surface area is 221 Å². The van der Waals surface area contributed by atoms with Crippen molar-refractivity contribution in [3.05, 3.63) is 72.7 Å². The number of hydrogen-bond donors (Lipinski definition) is 2. The van der Waals surface area contributed by atoms with Gasteiger partial charge in [-0.25, -0.2) is 18.1 Å². The predicted molar refractivity (Wildman–Crippen MR) is 131 cm³/mol. The smallest absolute Gasteiger partial charge is 0.270 e. The average Bonchev–Trinajstić information content (AvgIpc) is 3.48. The van der Waals surface area contributed by atoms with Gasteiger partial charge in [-0.2, -0.15) is 5.10 Å². The zero-order valence-electron chi connectivity index (χ0n) is 18.4. The molecule has 0 unspecified atom stereocenters. The van der Waals surface area contributed by atoms with Crippen LogP contribution in [0.4, 0.5) is 10.9 Å². The van der Waals surface area contributed by atoms with Gasteiger partial charge in [0.25, 0.3) is 10.0 Å². The third-order valence-corrected chi connectivity index (χ3v) is 7.36. The van der Waals surface area contributed by atoms with Crippen molar-refractivity contribution < 1.29 is 8.42 Å². The van der Waals surface area contributed by atoms with Gasteiger partial charge in [0.1, 0.15) is 5.82 Å². The summed E-state index contributed by atoms with van der Waals surface area (Å²) in [7, 11) is -1.93. The largest absolute Gasteiger partial charge is 0.315 e. The van der Waals surface area contributed by atoms with Crippen LogP contribution in [0.15, 0.2) is 71.5 Å².